The van der Waals surface area contributed by atoms with Gasteiger partial charge in [-0.15, -0.1) is 0 Å². The molecule has 0 saturated carbocycles. The van der Waals surface area contributed by atoms with Crippen molar-refractivity contribution in [1.29, 1.82) is 0 Å². The van der Waals surface area contributed by atoms with E-state index < -0.39 is 0 Å². The molecule has 0 spiro atoms. The second kappa shape index (κ2) is 14.7. The van der Waals surface area contributed by atoms with Crippen LogP contribution in [0.15, 0.2) is 12.1 Å². The number of hydrogen-bond donors (Lipinski definition) is 1. The minimum Gasteiger partial charge on any atom is -0.493 e. The van der Waals surface area contributed by atoms with E-state index in [1.165, 1.54) is 0 Å². The summed E-state index contributed by atoms with van der Waals surface area (Å²) >= 11 is 4.62. The molecule has 0 aliphatic carbocycles. The van der Waals surface area contributed by atoms with E-state index in [0.29, 0.717) is 34.3 Å². The van der Waals surface area contributed by atoms with E-state index in [2.05, 4.69) is 64.3 Å². The van der Waals surface area contributed by atoms with Crippen LogP contribution in [0, 0.1) is 3.57 Å². The highest BCUT2D eigenvalue weighted by atomic mass is 127. The van der Waals surface area contributed by atoms with Crippen LogP contribution >= 0.6 is 45.2 Å². The molecule has 172 valence electrons. The molecule has 0 aromatic heterocycles. The van der Waals surface area contributed by atoms with Gasteiger partial charge in [0.25, 0.3) is 5.91 Å². The lowest BCUT2D eigenvalue weighted by Crippen LogP contribution is -2.53. The molecule has 8 heteroatoms. The maximum Gasteiger partial charge on any atom is 0.255 e. The summed E-state index contributed by atoms with van der Waals surface area (Å²) in [6.07, 6.45) is 2.85. The van der Waals surface area contributed by atoms with Gasteiger partial charge >= 0.3 is 0 Å². The minimum atomic E-state index is 0.0440. The Hall–Kier alpha value is -0.330. The number of nitrogens with zero attached hydrogens (tertiary/aromatic N) is 1. The first-order valence-corrected chi connectivity index (χ1v) is 12.9. The third-order valence-corrected chi connectivity index (χ3v) is 6.70. The predicted molar refractivity (Wildman–Crippen MR) is 139 cm³/mol. The van der Waals surface area contributed by atoms with Crippen molar-refractivity contribution >= 4 is 51.1 Å². The van der Waals surface area contributed by atoms with E-state index >= 15 is 0 Å². The number of benzene rings is 1. The van der Waals surface area contributed by atoms with Crippen LogP contribution in [0.4, 0.5) is 0 Å². The molecule has 30 heavy (non-hydrogen) atoms. The Kier molecular flexibility index (Phi) is 13.6. The van der Waals surface area contributed by atoms with E-state index in [-0.39, 0.29) is 18.0 Å². The highest BCUT2D eigenvalue weighted by molar-refractivity contribution is 14.1. The van der Waals surface area contributed by atoms with E-state index in [1.807, 2.05) is 30.9 Å². The Morgan fingerprint density at radius 3 is 2.43 bits per heavy atom. The number of halogens is 2. The molecule has 1 amide bonds. The zero-order valence-electron chi connectivity index (χ0n) is 19.0. The number of amides is 1. The van der Waals surface area contributed by atoms with Crippen LogP contribution in [0.5, 0.6) is 11.5 Å². The van der Waals surface area contributed by atoms with Crippen molar-refractivity contribution in [3.8, 4) is 11.5 Å². The highest BCUT2D eigenvalue weighted by Gasteiger charge is 2.31. The second-order valence-corrected chi connectivity index (χ2v) is 9.76. The zero-order chi connectivity index (χ0) is 22.7. The van der Waals surface area contributed by atoms with Crippen LogP contribution in [0.3, 0.4) is 0 Å². The largest absolute Gasteiger partial charge is 0.493 e. The molecule has 1 aliphatic heterocycles. The van der Waals surface area contributed by atoms with Crippen molar-refractivity contribution in [1.82, 2.24) is 10.2 Å². The second-order valence-electron chi connectivity index (χ2n) is 7.09. The predicted octanol–water partition coefficient (Wildman–Crippen LogP) is 5.11. The van der Waals surface area contributed by atoms with E-state index in [0.717, 1.165) is 29.4 Å². The fraction of sp³-hybridized carbons (Fsp3) is 0.682. The first-order chi connectivity index (χ1) is 14.4. The van der Waals surface area contributed by atoms with Crippen LogP contribution in [0.2, 0.25) is 0 Å². The van der Waals surface area contributed by atoms with Crippen molar-refractivity contribution in [3.63, 3.8) is 0 Å². The molecule has 1 aromatic carbocycles. The summed E-state index contributed by atoms with van der Waals surface area (Å²) < 4.78 is 17.8. The molecule has 1 heterocycles. The molecular formula is C22H36I2N2O4. The van der Waals surface area contributed by atoms with E-state index in [1.54, 1.807) is 14.2 Å². The molecule has 1 aliphatic rings. The SMILES string of the molecule is CC.COCCCOc1cc(C(=O)N(C(C)C)C2CCC(I)NC2)c(I)cc1OC. The fourth-order valence-electron chi connectivity index (χ4n) is 3.36. The first-order valence-electron chi connectivity index (χ1n) is 10.6. The molecule has 0 radical (unpaired) electrons. The van der Waals surface area contributed by atoms with Gasteiger partial charge in [0.05, 0.1) is 23.3 Å². The van der Waals surface area contributed by atoms with Crippen molar-refractivity contribution in [2.24, 2.45) is 0 Å². The highest BCUT2D eigenvalue weighted by Crippen LogP contribution is 2.33. The quantitative estimate of drug-likeness (QED) is 0.175. The third-order valence-electron chi connectivity index (χ3n) is 4.75. The number of carbonyl (C=O) groups excluding carboxylic acids is 1. The smallest absolute Gasteiger partial charge is 0.255 e. The topological polar surface area (TPSA) is 60.0 Å². The number of rotatable bonds is 9. The number of hydrogen-bond acceptors (Lipinski definition) is 5. The number of nitrogens with one attached hydrogen (secondary N) is 1. The average molecular weight is 646 g/mol. The average Bonchev–Trinajstić information content (AvgIpc) is 2.74. The zero-order valence-corrected chi connectivity index (χ0v) is 23.3. The van der Waals surface area contributed by atoms with Gasteiger partial charge in [0.2, 0.25) is 0 Å². The summed E-state index contributed by atoms with van der Waals surface area (Å²) in [5, 5.41) is 3.49. The van der Waals surface area contributed by atoms with Crippen LogP contribution in [0.25, 0.3) is 0 Å². The summed E-state index contributed by atoms with van der Waals surface area (Å²) in [4.78, 5) is 15.5. The molecular weight excluding hydrogens is 610 g/mol. The van der Waals surface area contributed by atoms with Crippen molar-refractivity contribution in [2.45, 2.75) is 63.1 Å². The van der Waals surface area contributed by atoms with Crippen molar-refractivity contribution in [2.75, 3.05) is 34.0 Å². The summed E-state index contributed by atoms with van der Waals surface area (Å²) in [6, 6.07) is 4.01. The Morgan fingerprint density at radius 2 is 1.90 bits per heavy atom. The van der Waals surface area contributed by atoms with Crippen molar-refractivity contribution < 1.29 is 19.0 Å². The molecule has 1 saturated heterocycles. The maximum absolute atomic E-state index is 13.5. The standard InChI is InChI=1S/C20H30I2N2O4.C2H6/c1-13(2)24(14-6-7-19(22)23-12-14)20(25)15-10-18(28-9-5-8-26-3)17(27-4)11-16(15)21;1-2/h10-11,13-14,19,23H,5-9,12H2,1-4H3;1-2H3. The van der Waals surface area contributed by atoms with Gasteiger partial charge < -0.3 is 24.4 Å². The number of ether oxygens (including phenoxy) is 3. The van der Waals surface area contributed by atoms with Gasteiger partial charge in [0.1, 0.15) is 0 Å². The van der Waals surface area contributed by atoms with Crippen molar-refractivity contribution in [3.05, 3.63) is 21.3 Å². The monoisotopic (exact) mass is 646 g/mol. The Morgan fingerprint density at radius 1 is 1.20 bits per heavy atom. The maximum atomic E-state index is 13.5. The third kappa shape index (κ3) is 7.98. The molecule has 2 atom stereocenters. The van der Waals surface area contributed by atoms with Gasteiger partial charge in [0, 0.05) is 42.3 Å². The van der Waals surface area contributed by atoms with Gasteiger partial charge in [-0.05, 0) is 61.4 Å². The number of methoxy groups -OCH3 is 2. The molecule has 1 aromatic rings. The number of piperidine rings is 1. The number of carbonyl (C=O) groups is 1. The minimum absolute atomic E-state index is 0.0440. The van der Waals surface area contributed by atoms with Gasteiger partial charge in [-0.3, -0.25) is 4.79 Å². The summed E-state index contributed by atoms with van der Waals surface area (Å²) in [7, 11) is 3.28. The molecule has 2 rings (SSSR count). The molecule has 1 fully saturated rings. The molecule has 6 nitrogen and oxygen atoms in total. The van der Waals surface area contributed by atoms with Crippen LogP contribution < -0.4 is 14.8 Å². The van der Waals surface area contributed by atoms with E-state index in [4.69, 9.17) is 14.2 Å². The Balaban J connectivity index is 0.00000218. The molecule has 2 unspecified atom stereocenters. The molecule has 0 bridgehead atoms. The van der Waals surface area contributed by atoms with Gasteiger partial charge in [-0.2, -0.15) is 0 Å². The fourth-order valence-corrected chi connectivity index (χ4v) is 4.65. The summed E-state index contributed by atoms with van der Waals surface area (Å²) in [6.45, 7) is 10.1. The van der Waals surface area contributed by atoms with Crippen LogP contribution in [-0.2, 0) is 4.74 Å². The van der Waals surface area contributed by atoms with Crippen LogP contribution in [0.1, 0.15) is 57.3 Å². The summed E-state index contributed by atoms with van der Waals surface area (Å²) in [5.74, 6) is 1.28. The normalized spacial score (nSPS) is 18.4. The van der Waals surface area contributed by atoms with E-state index in [9.17, 15) is 4.79 Å². The lowest BCUT2D eigenvalue weighted by Gasteiger charge is -2.39. The van der Waals surface area contributed by atoms with Gasteiger partial charge in [-0.25, -0.2) is 0 Å². The lowest BCUT2D eigenvalue weighted by atomic mass is 10.0. The van der Waals surface area contributed by atoms with Crippen LogP contribution in [-0.4, -0.2) is 60.9 Å². The number of alkyl halides is 1. The van der Waals surface area contributed by atoms with Gasteiger partial charge in [0.15, 0.2) is 11.5 Å². The lowest BCUT2D eigenvalue weighted by molar-refractivity contribution is 0.0569. The van der Waals surface area contributed by atoms with Gasteiger partial charge in [-0.1, -0.05) is 36.4 Å². The Bertz CT molecular complexity index is 650. The molecule has 1 N–H and O–H groups in total. The Labute approximate surface area is 209 Å². The summed E-state index contributed by atoms with van der Waals surface area (Å²) in [5.41, 5.74) is 0.661. The first kappa shape index (κ1) is 27.7.